The molecule has 2 aromatic carbocycles. The zero-order valence-electron chi connectivity index (χ0n) is 17.5. The Morgan fingerprint density at radius 2 is 2.00 bits per heavy atom. The van der Waals surface area contributed by atoms with E-state index in [-0.39, 0.29) is 17.7 Å². The van der Waals surface area contributed by atoms with Crippen LogP contribution in [0.5, 0.6) is 11.5 Å². The van der Waals surface area contributed by atoms with Gasteiger partial charge in [-0.2, -0.15) is 0 Å². The van der Waals surface area contributed by atoms with E-state index >= 15 is 0 Å². The predicted octanol–water partition coefficient (Wildman–Crippen LogP) is 2.09. The van der Waals surface area contributed by atoms with Gasteiger partial charge in [0.2, 0.25) is 11.8 Å². The second-order valence-corrected chi connectivity index (χ2v) is 8.41. The second-order valence-electron chi connectivity index (χ2n) is 8.41. The zero-order valence-corrected chi connectivity index (χ0v) is 17.5. The zero-order chi connectivity index (χ0) is 21.6. The molecule has 2 fully saturated rings. The van der Waals surface area contributed by atoms with Gasteiger partial charge < -0.3 is 24.8 Å². The Balaban J connectivity index is 1.54. The lowest BCUT2D eigenvalue weighted by molar-refractivity contribution is -0.226. The van der Waals surface area contributed by atoms with Crippen LogP contribution in [0.25, 0.3) is 0 Å². The number of hydrogen-bond acceptors (Lipinski definition) is 5. The lowest BCUT2D eigenvalue weighted by Gasteiger charge is -2.60. The van der Waals surface area contributed by atoms with Crippen molar-refractivity contribution in [1.29, 1.82) is 0 Å². The molecule has 3 aliphatic heterocycles. The van der Waals surface area contributed by atoms with Gasteiger partial charge in [0.15, 0.2) is 5.72 Å². The number of nitrogens with two attached hydrogens (primary N) is 1. The molecule has 4 atom stereocenters. The highest BCUT2D eigenvalue weighted by molar-refractivity contribution is 6.02. The van der Waals surface area contributed by atoms with Crippen LogP contribution in [0.1, 0.15) is 23.5 Å². The maximum absolute atomic E-state index is 13.6. The molecule has 3 heterocycles. The Kier molecular flexibility index (Phi) is 4.85. The highest BCUT2D eigenvalue weighted by Gasteiger charge is 2.64. The molecule has 2 amide bonds. The first-order valence-electron chi connectivity index (χ1n) is 10.6. The fourth-order valence-corrected chi connectivity index (χ4v) is 5.45. The molecule has 31 heavy (non-hydrogen) atoms. The number of rotatable bonds is 5. The molecule has 0 saturated carbocycles. The van der Waals surface area contributed by atoms with E-state index in [1.165, 1.54) is 0 Å². The summed E-state index contributed by atoms with van der Waals surface area (Å²) in [4.78, 5) is 27.9. The normalized spacial score (nSPS) is 28.9. The van der Waals surface area contributed by atoms with Gasteiger partial charge in [-0.15, -0.1) is 0 Å². The number of fused-ring (bicyclic) bond motifs is 2. The summed E-state index contributed by atoms with van der Waals surface area (Å²) >= 11 is 0. The lowest BCUT2D eigenvalue weighted by Crippen LogP contribution is -2.73. The van der Waals surface area contributed by atoms with Crippen LogP contribution >= 0.6 is 0 Å². The number of primary amides is 1. The molecule has 5 rings (SSSR count). The molecule has 2 N–H and O–H groups in total. The van der Waals surface area contributed by atoms with E-state index in [1.54, 1.807) is 12.0 Å². The van der Waals surface area contributed by atoms with Gasteiger partial charge in [0, 0.05) is 18.9 Å². The van der Waals surface area contributed by atoms with Crippen molar-refractivity contribution in [2.24, 2.45) is 17.6 Å². The highest BCUT2D eigenvalue weighted by atomic mass is 16.5. The van der Waals surface area contributed by atoms with E-state index in [2.05, 4.69) is 0 Å². The van der Waals surface area contributed by atoms with Crippen molar-refractivity contribution in [3.05, 3.63) is 59.7 Å². The van der Waals surface area contributed by atoms with Gasteiger partial charge in [-0.3, -0.25) is 9.59 Å². The molecule has 7 heteroatoms. The van der Waals surface area contributed by atoms with Crippen LogP contribution in [-0.2, 0) is 20.7 Å². The molecule has 2 bridgehead atoms. The van der Waals surface area contributed by atoms with Crippen molar-refractivity contribution in [2.45, 2.75) is 24.5 Å². The molecule has 0 aliphatic carbocycles. The van der Waals surface area contributed by atoms with Crippen LogP contribution in [0.3, 0.4) is 0 Å². The smallest absolute Gasteiger partial charge is 0.238 e. The Labute approximate surface area is 181 Å². The fraction of sp³-hybridized carbons (Fsp3) is 0.417. The summed E-state index contributed by atoms with van der Waals surface area (Å²) in [6.45, 7) is 1.36. The number of likely N-dealkylation sites (tertiary alicyclic amines) is 1. The maximum atomic E-state index is 13.6. The Bertz CT molecular complexity index is 1010. The molecule has 2 aromatic rings. The van der Waals surface area contributed by atoms with E-state index in [0.717, 1.165) is 22.6 Å². The summed E-state index contributed by atoms with van der Waals surface area (Å²) < 4.78 is 17.6. The molecule has 0 radical (unpaired) electrons. The molecule has 0 aromatic heterocycles. The largest absolute Gasteiger partial charge is 0.497 e. The summed E-state index contributed by atoms with van der Waals surface area (Å²) in [6, 6.07) is 15.4. The monoisotopic (exact) mass is 422 g/mol. The standard InChI is InChI=1S/C24H26N2O5/c1-29-16-8-6-15(7-9-16)10-12-26-23(28)21(22(25)27)20-17-4-2-3-5-19(17)31-24(26)11-13-30-14-18(20)24/h2-9,18,20-21H,10-14H2,1H3,(H2,25,27)/t18-,20-,21+,24+/m0/s1. The molecule has 7 nitrogen and oxygen atoms in total. The topological polar surface area (TPSA) is 91.1 Å². The van der Waals surface area contributed by atoms with Crippen LogP contribution in [-0.4, -0.2) is 49.3 Å². The van der Waals surface area contributed by atoms with Crippen molar-refractivity contribution >= 4 is 11.8 Å². The van der Waals surface area contributed by atoms with Crippen LogP contribution < -0.4 is 15.2 Å². The number of para-hydroxylation sites is 1. The van der Waals surface area contributed by atoms with E-state index in [0.29, 0.717) is 32.6 Å². The minimum absolute atomic E-state index is 0.151. The van der Waals surface area contributed by atoms with Gasteiger partial charge in [-0.1, -0.05) is 30.3 Å². The van der Waals surface area contributed by atoms with Crippen molar-refractivity contribution in [2.75, 3.05) is 26.9 Å². The minimum atomic E-state index is -0.930. The van der Waals surface area contributed by atoms with E-state index in [1.807, 2.05) is 48.5 Å². The average Bonchev–Trinajstić information content (AvgIpc) is 2.78. The summed E-state index contributed by atoms with van der Waals surface area (Å²) in [7, 11) is 1.63. The SMILES string of the molecule is COc1ccc(CCN2C(=O)[C@@H](C(N)=O)[C@H]3c4ccccc4O[C@@]24CCOC[C@@H]34)cc1. The maximum Gasteiger partial charge on any atom is 0.238 e. The third kappa shape index (κ3) is 3.07. The highest BCUT2D eigenvalue weighted by Crippen LogP contribution is 2.56. The minimum Gasteiger partial charge on any atom is -0.497 e. The molecule has 2 saturated heterocycles. The van der Waals surface area contributed by atoms with Crippen LogP contribution in [0.4, 0.5) is 0 Å². The van der Waals surface area contributed by atoms with E-state index < -0.39 is 17.6 Å². The van der Waals surface area contributed by atoms with Gasteiger partial charge in [-0.25, -0.2) is 0 Å². The van der Waals surface area contributed by atoms with Crippen molar-refractivity contribution in [3.8, 4) is 11.5 Å². The number of ether oxygens (including phenoxy) is 3. The molecular weight excluding hydrogens is 396 g/mol. The van der Waals surface area contributed by atoms with E-state index in [4.69, 9.17) is 19.9 Å². The summed E-state index contributed by atoms with van der Waals surface area (Å²) in [5.41, 5.74) is 6.90. The van der Waals surface area contributed by atoms with Gasteiger partial charge in [0.05, 0.1) is 26.2 Å². The number of benzene rings is 2. The van der Waals surface area contributed by atoms with Crippen LogP contribution in [0.2, 0.25) is 0 Å². The van der Waals surface area contributed by atoms with E-state index in [9.17, 15) is 9.59 Å². The van der Waals surface area contributed by atoms with Gasteiger partial charge in [0.1, 0.15) is 17.4 Å². The number of methoxy groups -OCH3 is 1. The van der Waals surface area contributed by atoms with Crippen molar-refractivity contribution < 1.29 is 23.8 Å². The van der Waals surface area contributed by atoms with Gasteiger partial charge in [0.25, 0.3) is 0 Å². The van der Waals surface area contributed by atoms with Crippen molar-refractivity contribution in [1.82, 2.24) is 4.90 Å². The quantitative estimate of drug-likeness (QED) is 0.745. The first kappa shape index (κ1) is 19.9. The first-order valence-corrected chi connectivity index (χ1v) is 10.6. The number of hydrogen-bond donors (Lipinski definition) is 1. The van der Waals surface area contributed by atoms with Crippen LogP contribution in [0, 0.1) is 11.8 Å². The third-order valence-electron chi connectivity index (χ3n) is 6.92. The van der Waals surface area contributed by atoms with Crippen LogP contribution in [0.15, 0.2) is 48.5 Å². The third-order valence-corrected chi connectivity index (χ3v) is 6.92. The predicted molar refractivity (Wildman–Crippen MR) is 113 cm³/mol. The van der Waals surface area contributed by atoms with Gasteiger partial charge in [-0.05, 0) is 35.7 Å². The Morgan fingerprint density at radius 3 is 2.74 bits per heavy atom. The lowest BCUT2D eigenvalue weighted by atomic mass is 9.64. The molecule has 162 valence electrons. The molecule has 0 unspecified atom stereocenters. The number of piperidine rings is 1. The average molecular weight is 422 g/mol. The molecule has 3 aliphatic rings. The Hall–Kier alpha value is -3.06. The molecule has 0 spiro atoms. The summed E-state index contributed by atoms with van der Waals surface area (Å²) in [6.07, 6.45) is 1.19. The number of carbonyl (C=O) groups excluding carboxylic acids is 2. The summed E-state index contributed by atoms with van der Waals surface area (Å²) in [5, 5.41) is 0. The number of carbonyl (C=O) groups is 2. The first-order chi connectivity index (χ1) is 15.0. The summed E-state index contributed by atoms with van der Waals surface area (Å²) in [5.74, 6) is -0.766. The van der Waals surface area contributed by atoms with Crippen molar-refractivity contribution in [3.63, 3.8) is 0 Å². The molecular formula is C24H26N2O5. The Morgan fingerprint density at radius 1 is 1.23 bits per heavy atom. The second kappa shape index (κ2) is 7.57. The fourth-order valence-electron chi connectivity index (χ4n) is 5.45. The number of amides is 2. The number of nitrogens with zero attached hydrogens (tertiary/aromatic N) is 1. The van der Waals surface area contributed by atoms with Gasteiger partial charge >= 0.3 is 0 Å².